The molecule has 1 spiro atoms. The largest absolute Gasteiger partial charge is 0.496 e. The van der Waals surface area contributed by atoms with Gasteiger partial charge in [-0.2, -0.15) is 0 Å². The van der Waals surface area contributed by atoms with Gasteiger partial charge in [0, 0.05) is 19.7 Å². The van der Waals surface area contributed by atoms with Gasteiger partial charge in [-0.25, -0.2) is 4.39 Å². The normalized spacial score (nSPS) is 23.8. The van der Waals surface area contributed by atoms with E-state index in [4.69, 9.17) is 9.47 Å². The number of rotatable bonds is 2. The number of methoxy groups -OCH3 is 1. The third-order valence-corrected chi connectivity index (χ3v) is 4.91. The number of carbonyl (C=O) groups is 1. The molecule has 0 unspecified atom stereocenters. The van der Waals surface area contributed by atoms with Crippen LogP contribution in [0.1, 0.15) is 36.0 Å². The van der Waals surface area contributed by atoms with Gasteiger partial charge in [0.15, 0.2) is 0 Å². The Morgan fingerprint density at radius 3 is 2.83 bits per heavy atom. The van der Waals surface area contributed by atoms with Crippen molar-refractivity contribution in [3.8, 4) is 5.75 Å². The molecule has 0 saturated carbocycles. The maximum Gasteiger partial charge on any atom is 0.257 e. The first-order chi connectivity index (χ1) is 11.1. The van der Waals surface area contributed by atoms with E-state index in [0.717, 1.165) is 12.8 Å². The van der Waals surface area contributed by atoms with Gasteiger partial charge in [-0.1, -0.05) is 0 Å². The van der Waals surface area contributed by atoms with Gasteiger partial charge in [0.1, 0.15) is 11.6 Å². The zero-order chi connectivity index (χ0) is 16.4. The average molecular weight is 323 g/mol. The van der Waals surface area contributed by atoms with Crippen molar-refractivity contribution in [3.05, 3.63) is 29.6 Å². The molecule has 2 heterocycles. The van der Waals surface area contributed by atoms with E-state index in [9.17, 15) is 14.3 Å². The van der Waals surface area contributed by atoms with Gasteiger partial charge < -0.3 is 19.5 Å². The number of nitrogens with zero attached hydrogens (tertiary/aromatic N) is 1. The smallest absolute Gasteiger partial charge is 0.257 e. The molecule has 0 bridgehead atoms. The van der Waals surface area contributed by atoms with Gasteiger partial charge in [-0.3, -0.25) is 4.79 Å². The Labute approximate surface area is 135 Å². The molecule has 0 radical (unpaired) electrons. The van der Waals surface area contributed by atoms with Crippen LogP contribution in [0.4, 0.5) is 4.39 Å². The van der Waals surface area contributed by atoms with Gasteiger partial charge in [-0.05, 0) is 43.9 Å². The fourth-order valence-electron chi connectivity index (χ4n) is 3.49. The van der Waals surface area contributed by atoms with E-state index in [-0.39, 0.29) is 11.5 Å². The predicted octanol–water partition coefficient (Wildman–Crippen LogP) is 1.98. The van der Waals surface area contributed by atoms with Crippen molar-refractivity contribution in [2.24, 2.45) is 0 Å². The molecular formula is C17H22FNO4. The Morgan fingerprint density at radius 2 is 2.17 bits per heavy atom. The second-order valence-electron chi connectivity index (χ2n) is 6.21. The number of hydrogen-bond acceptors (Lipinski definition) is 4. The first kappa shape index (κ1) is 16.2. The predicted molar refractivity (Wildman–Crippen MR) is 82.0 cm³/mol. The maximum atomic E-state index is 13.5. The molecule has 6 heteroatoms. The lowest BCUT2D eigenvalue weighted by Gasteiger charge is -2.46. The number of halogens is 1. The molecule has 1 atom stereocenters. The zero-order valence-electron chi connectivity index (χ0n) is 13.3. The highest BCUT2D eigenvalue weighted by Crippen LogP contribution is 2.36. The third kappa shape index (κ3) is 3.05. The summed E-state index contributed by atoms with van der Waals surface area (Å²) in [5.74, 6) is -0.346. The van der Waals surface area contributed by atoms with Crippen molar-refractivity contribution in [1.29, 1.82) is 0 Å². The molecule has 126 valence electrons. The summed E-state index contributed by atoms with van der Waals surface area (Å²) < 4.78 is 24.5. The second kappa shape index (κ2) is 6.45. The summed E-state index contributed by atoms with van der Waals surface area (Å²) in [4.78, 5) is 14.3. The van der Waals surface area contributed by atoms with E-state index in [2.05, 4.69) is 0 Å². The fourth-order valence-corrected chi connectivity index (χ4v) is 3.49. The lowest BCUT2D eigenvalue weighted by atomic mass is 9.82. The van der Waals surface area contributed by atoms with Crippen molar-refractivity contribution in [3.63, 3.8) is 0 Å². The van der Waals surface area contributed by atoms with Gasteiger partial charge in [0.2, 0.25) is 0 Å². The van der Waals surface area contributed by atoms with Crippen LogP contribution >= 0.6 is 0 Å². The van der Waals surface area contributed by atoms with Crippen molar-refractivity contribution in [2.75, 3.05) is 26.8 Å². The summed E-state index contributed by atoms with van der Waals surface area (Å²) in [6.45, 7) is 1.62. The van der Waals surface area contributed by atoms with E-state index in [1.54, 1.807) is 4.90 Å². The van der Waals surface area contributed by atoms with Crippen LogP contribution in [0.25, 0.3) is 0 Å². The summed E-state index contributed by atoms with van der Waals surface area (Å²) in [7, 11) is 1.46. The molecule has 1 N–H and O–H groups in total. The highest BCUT2D eigenvalue weighted by atomic mass is 19.1. The molecule has 3 rings (SSSR count). The Kier molecular flexibility index (Phi) is 4.55. The number of aliphatic hydroxyl groups excluding tert-OH is 1. The van der Waals surface area contributed by atoms with E-state index in [1.807, 2.05) is 0 Å². The van der Waals surface area contributed by atoms with Gasteiger partial charge >= 0.3 is 0 Å². The maximum absolute atomic E-state index is 13.5. The van der Waals surface area contributed by atoms with Crippen LogP contribution in [0.3, 0.4) is 0 Å². The van der Waals surface area contributed by atoms with Crippen molar-refractivity contribution in [1.82, 2.24) is 4.90 Å². The standard InChI is InChI=1S/C17H22FNO4/c1-22-14-5-4-12(18)11-13(14)16(21)19-8-6-17(7-9-19)15(20)3-2-10-23-17/h4-5,11,15,20H,2-3,6-10H2,1H3/t15-/m1/s1. The molecule has 2 fully saturated rings. The van der Waals surface area contributed by atoms with Crippen LogP contribution in [0, 0.1) is 5.82 Å². The van der Waals surface area contributed by atoms with Crippen LogP contribution < -0.4 is 4.74 Å². The molecular weight excluding hydrogens is 301 g/mol. The van der Waals surface area contributed by atoms with E-state index < -0.39 is 17.5 Å². The number of aliphatic hydroxyl groups is 1. The molecule has 0 aromatic heterocycles. The summed E-state index contributed by atoms with van der Waals surface area (Å²) in [5.41, 5.74) is -0.297. The lowest BCUT2D eigenvalue weighted by molar-refractivity contribution is -0.174. The number of hydrogen-bond donors (Lipinski definition) is 1. The first-order valence-electron chi connectivity index (χ1n) is 8.00. The van der Waals surface area contributed by atoms with Gasteiger partial charge in [-0.15, -0.1) is 0 Å². The number of piperidine rings is 1. The topological polar surface area (TPSA) is 59.0 Å². The first-order valence-corrected chi connectivity index (χ1v) is 8.00. The Morgan fingerprint density at radius 1 is 1.43 bits per heavy atom. The zero-order valence-corrected chi connectivity index (χ0v) is 13.3. The monoisotopic (exact) mass is 323 g/mol. The summed E-state index contributed by atoms with van der Waals surface area (Å²) in [6, 6.07) is 3.94. The summed E-state index contributed by atoms with van der Waals surface area (Å²) in [5, 5.41) is 10.2. The Hall–Kier alpha value is -1.66. The molecule has 2 aliphatic rings. The molecule has 1 amide bonds. The minimum Gasteiger partial charge on any atom is -0.496 e. The molecule has 2 saturated heterocycles. The number of ether oxygens (including phenoxy) is 2. The number of likely N-dealkylation sites (tertiary alicyclic amines) is 1. The highest BCUT2D eigenvalue weighted by molar-refractivity contribution is 5.97. The Balaban J connectivity index is 1.72. The highest BCUT2D eigenvalue weighted by Gasteiger charge is 2.44. The minimum atomic E-state index is -0.527. The second-order valence-corrected chi connectivity index (χ2v) is 6.21. The van der Waals surface area contributed by atoms with Gasteiger partial charge in [0.25, 0.3) is 5.91 Å². The quantitative estimate of drug-likeness (QED) is 0.904. The lowest BCUT2D eigenvalue weighted by Crippen LogP contribution is -2.56. The summed E-state index contributed by atoms with van der Waals surface area (Å²) >= 11 is 0. The van der Waals surface area contributed by atoms with Crippen LogP contribution in [0.15, 0.2) is 18.2 Å². The molecule has 1 aromatic rings. The van der Waals surface area contributed by atoms with E-state index in [1.165, 1.54) is 25.3 Å². The van der Waals surface area contributed by atoms with Crippen molar-refractivity contribution in [2.45, 2.75) is 37.4 Å². The number of benzene rings is 1. The number of amides is 1. The minimum absolute atomic E-state index is 0.230. The van der Waals surface area contributed by atoms with Gasteiger partial charge in [0.05, 0.1) is 24.4 Å². The SMILES string of the molecule is COc1ccc(F)cc1C(=O)N1CCC2(CC1)OCCC[C@H]2O. The molecule has 2 aliphatic heterocycles. The van der Waals surface area contributed by atoms with Crippen LogP contribution in [0.2, 0.25) is 0 Å². The van der Waals surface area contributed by atoms with Crippen molar-refractivity contribution >= 4 is 5.91 Å². The molecule has 1 aromatic carbocycles. The van der Waals surface area contributed by atoms with Crippen LogP contribution in [-0.2, 0) is 4.74 Å². The van der Waals surface area contributed by atoms with Crippen molar-refractivity contribution < 1.29 is 23.8 Å². The molecule has 23 heavy (non-hydrogen) atoms. The van der Waals surface area contributed by atoms with E-state index >= 15 is 0 Å². The van der Waals surface area contributed by atoms with Crippen LogP contribution in [-0.4, -0.2) is 54.4 Å². The van der Waals surface area contributed by atoms with Crippen LogP contribution in [0.5, 0.6) is 5.75 Å². The number of carbonyl (C=O) groups excluding carboxylic acids is 1. The summed E-state index contributed by atoms with van der Waals surface area (Å²) in [6.07, 6.45) is 2.32. The average Bonchev–Trinajstić information content (AvgIpc) is 2.58. The van der Waals surface area contributed by atoms with E-state index in [0.29, 0.717) is 38.3 Å². The fraction of sp³-hybridized carbons (Fsp3) is 0.588. The third-order valence-electron chi connectivity index (χ3n) is 4.91. The Bertz CT molecular complexity index is 584. The molecule has 0 aliphatic carbocycles. The molecule has 5 nitrogen and oxygen atoms in total.